The van der Waals surface area contributed by atoms with Crippen LogP contribution in [0.5, 0.6) is 11.5 Å². The first-order valence-corrected chi connectivity index (χ1v) is 9.78. The summed E-state index contributed by atoms with van der Waals surface area (Å²) in [6.45, 7) is 3.87. The van der Waals surface area contributed by atoms with E-state index in [0.29, 0.717) is 22.6 Å². The van der Waals surface area contributed by atoms with Crippen molar-refractivity contribution in [1.29, 1.82) is 0 Å². The van der Waals surface area contributed by atoms with Gasteiger partial charge in [-0.3, -0.25) is 29.9 Å². The quantitative estimate of drug-likeness (QED) is 0.163. The van der Waals surface area contributed by atoms with Crippen molar-refractivity contribution in [2.24, 2.45) is 0 Å². The predicted molar refractivity (Wildman–Crippen MR) is 121 cm³/mol. The maximum Gasteiger partial charge on any atom is 0.269 e. The average Bonchev–Trinajstić information content (AvgIpc) is 2.78. The number of nitro benzene ring substituents is 1. The molecular formula is C22H19N3O6S. The van der Waals surface area contributed by atoms with Gasteiger partial charge in [0.05, 0.1) is 12.0 Å². The lowest BCUT2D eigenvalue weighted by atomic mass is 10.0. The van der Waals surface area contributed by atoms with E-state index in [2.05, 4.69) is 11.9 Å². The van der Waals surface area contributed by atoms with Crippen molar-refractivity contribution in [2.45, 2.75) is 6.61 Å². The number of hydrogen-bond acceptors (Lipinski definition) is 7. The van der Waals surface area contributed by atoms with E-state index in [1.165, 1.54) is 48.4 Å². The van der Waals surface area contributed by atoms with Gasteiger partial charge in [-0.15, -0.1) is 6.58 Å². The van der Waals surface area contributed by atoms with Gasteiger partial charge in [-0.1, -0.05) is 12.1 Å². The smallest absolute Gasteiger partial charge is 0.269 e. The molecule has 0 aromatic heterocycles. The molecular weight excluding hydrogens is 434 g/mol. The molecule has 1 fully saturated rings. The van der Waals surface area contributed by atoms with E-state index in [-0.39, 0.29) is 29.5 Å². The van der Waals surface area contributed by atoms with Crippen LogP contribution in [0.15, 0.2) is 60.7 Å². The van der Waals surface area contributed by atoms with Crippen molar-refractivity contribution >= 4 is 40.9 Å². The standard InChI is InChI=1S/C22H19N3O6S/c1-3-10-24-21(27)18(20(26)23-22(24)32)12-14-4-9-19(30-2)15(11-14)13-31-17-7-5-16(6-8-17)25(28)29/h3-9,11-12H,1,10,13H2,2H3,(H,23,26,32). The number of non-ortho nitro benzene ring substituents is 1. The van der Waals surface area contributed by atoms with Crippen molar-refractivity contribution < 1.29 is 24.0 Å². The molecule has 9 nitrogen and oxygen atoms in total. The van der Waals surface area contributed by atoms with E-state index in [1.54, 1.807) is 18.2 Å². The van der Waals surface area contributed by atoms with Crippen molar-refractivity contribution in [3.63, 3.8) is 0 Å². The van der Waals surface area contributed by atoms with Crippen LogP contribution in [-0.4, -0.2) is 40.4 Å². The molecule has 1 aliphatic rings. The Bertz CT molecular complexity index is 1130. The molecule has 2 amide bonds. The fourth-order valence-corrected chi connectivity index (χ4v) is 3.23. The van der Waals surface area contributed by atoms with Crippen LogP contribution in [0.4, 0.5) is 5.69 Å². The van der Waals surface area contributed by atoms with Crippen molar-refractivity contribution in [3.8, 4) is 11.5 Å². The number of nitrogens with zero attached hydrogens (tertiary/aromatic N) is 2. The Balaban J connectivity index is 1.84. The third-order valence-electron chi connectivity index (χ3n) is 4.55. The molecule has 2 aromatic rings. The van der Waals surface area contributed by atoms with Crippen molar-refractivity contribution in [2.75, 3.05) is 13.7 Å². The molecule has 1 saturated heterocycles. The maximum atomic E-state index is 12.7. The van der Waals surface area contributed by atoms with Crippen LogP contribution in [0.2, 0.25) is 0 Å². The number of hydrogen-bond donors (Lipinski definition) is 1. The molecule has 1 heterocycles. The molecule has 32 heavy (non-hydrogen) atoms. The molecule has 1 aliphatic heterocycles. The number of nitro groups is 1. The molecule has 1 N–H and O–H groups in total. The number of carbonyl (C=O) groups is 2. The fraction of sp³-hybridized carbons (Fsp3) is 0.136. The second kappa shape index (κ2) is 9.84. The largest absolute Gasteiger partial charge is 0.496 e. The monoisotopic (exact) mass is 453 g/mol. The van der Waals surface area contributed by atoms with Gasteiger partial charge in [-0.2, -0.15) is 0 Å². The summed E-state index contributed by atoms with van der Waals surface area (Å²) >= 11 is 5.05. The Morgan fingerprint density at radius 3 is 2.56 bits per heavy atom. The zero-order valence-electron chi connectivity index (χ0n) is 17.1. The zero-order valence-corrected chi connectivity index (χ0v) is 17.9. The van der Waals surface area contributed by atoms with Gasteiger partial charge >= 0.3 is 0 Å². The van der Waals surface area contributed by atoms with Crippen molar-refractivity contribution in [1.82, 2.24) is 10.2 Å². The summed E-state index contributed by atoms with van der Waals surface area (Å²) in [5.74, 6) is -0.113. The SMILES string of the molecule is C=CCN1C(=O)C(=Cc2ccc(OC)c(COc3ccc([N+](=O)[O-])cc3)c2)C(=O)NC1=S. The van der Waals surface area contributed by atoms with Gasteiger partial charge in [0.25, 0.3) is 17.5 Å². The zero-order chi connectivity index (χ0) is 23.3. The van der Waals surface area contributed by atoms with Gasteiger partial charge < -0.3 is 9.47 Å². The number of rotatable bonds is 8. The second-order valence-electron chi connectivity index (χ2n) is 6.63. The Labute approximate surface area is 189 Å². The van der Waals surface area contributed by atoms with Crippen LogP contribution < -0.4 is 14.8 Å². The number of carbonyl (C=O) groups excluding carboxylic acids is 2. The van der Waals surface area contributed by atoms with Crippen LogP contribution in [0, 0.1) is 10.1 Å². The van der Waals surface area contributed by atoms with Crippen LogP contribution in [-0.2, 0) is 16.2 Å². The molecule has 2 aromatic carbocycles. The van der Waals surface area contributed by atoms with E-state index in [9.17, 15) is 19.7 Å². The molecule has 3 rings (SSSR count). The molecule has 0 unspecified atom stereocenters. The van der Waals surface area contributed by atoms with E-state index in [0.717, 1.165) is 0 Å². The summed E-state index contributed by atoms with van der Waals surface area (Å²) in [5.41, 5.74) is 1.14. The Kier molecular flexibility index (Phi) is 6.96. The highest BCUT2D eigenvalue weighted by molar-refractivity contribution is 7.80. The summed E-state index contributed by atoms with van der Waals surface area (Å²) in [6.07, 6.45) is 2.98. The topological polar surface area (TPSA) is 111 Å². The minimum absolute atomic E-state index is 0.0315. The van der Waals surface area contributed by atoms with Gasteiger partial charge in [0.15, 0.2) is 5.11 Å². The first kappa shape index (κ1) is 22.6. The fourth-order valence-electron chi connectivity index (χ4n) is 2.98. The Morgan fingerprint density at radius 1 is 1.22 bits per heavy atom. The van der Waals surface area contributed by atoms with Crippen LogP contribution in [0.1, 0.15) is 11.1 Å². The van der Waals surface area contributed by atoms with Gasteiger partial charge in [0.1, 0.15) is 23.7 Å². The minimum atomic E-state index is -0.584. The third kappa shape index (κ3) is 4.98. The first-order valence-electron chi connectivity index (χ1n) is 9.38. The van der Waals surface area contributed by atoms with Gasteiger partial charge in [0.2, 0.25) is 0 Å². The normalized spacial score (nSPS) is 14.8. The predicted octanol–water partition coefficient (Wildman–Crippen LogP) is 3.00. The van der Waals surface area contributed by atoms with Crippen LogP contribution >= 0.6 is 12.2 Å². The maximum absolute atomic E-state index is 12.7. The number of nitrogens with one attached hydrogen (secondary N) is 1. The molecule has 0 aliphatic carbocycles. The Morgan fingerprint density at radius 2 is 1.94 bits per heavy atom. The average molecular weight is 453 g/mol. The highest BCUT2D eigenvalue weighted by Gasteiger charge is 2.32. The van der Waals surface area contributed by atoms with Crippen LogP contribution in [0.3, 0.4) is 0 Å². The minimum Gasteiger partial charge on any atom is -0.496 e. The lowest BCUT2D eigenvalue weighted by Gasteiger charge is -2.27. The number of methoxy groups -OCH3 is 1. The third-order valence-corrected chi connectivity index (χ3v) is 4.88. The summed E-state index contributed by atoms with van der Waals surface area (Å²) in [4.78, 5) is 36.6. The molecule has 0 bridgehead atoms. The molecule has 10 heteroatoms. The van der Waals surface area contributed by atoms with Gasteiger partial charge in [0, 0.05) is 24.2 Å². The number of benzene rings is 2. The summed E-state index contributed by atoms with van der Waals surface area (Å²) in [7, 11) is 1.51. The summed E-state index contributed by atoms with van der Waals surface area (Å²) in [5, 5.41) is 13.3. The van der Waals surface area contributed by atoms with Gasteiger partial charge in [-0.05, 0) is 48.1 Å². The first-order chi connectivity index (χ1) is 15.3. The van der Waals surface area contributed by atoms with E-state index >= 15 is 0 Å². The summed E-state index contributed by atoms with van der Waals surface area (Å²) in [6, 6.07) is 10.8. The molecule has 164 valence electrons. The van der Waals surface area contributed by atoms with Crippen LogP contribution in [0.25, 0.3) is 6.08 Å². The van der Waals surface area contributed by atoms with E-state index < -0.39 is 16.7 Å². The lowest BCUT2D eigenvalue weighted by Crippen LogP contribution is -2.53. The van der Waals surface area contributed by atoms with Gasteiger partial charge in [-0.25, -0.2) is 0 Å². The highest BCUT2D eigenvalue weighted by Crippen LogP contribution is 2.25. The number of ether oxygens (including phenoxy) is 2. The number of thiocarbonyl (C=S) groups is 1. The Hall–Kier alpha value is -4.05. The summed E-state index contributed by atoms with van der Waals surface area (Å²) < 4.78 is 11.1. The second-order valence-corrected chi connectivity index (χ2v) is 7.02. The molecule has 0 spiro atoms. The molecule has 0 radical (unpaired) electrons. The molecule has 0 saturated carbocycles. The lowest BCUT2D eigenvalue weighted by molar-refractivity contribution is -0.384. The van der Waals surface area contributed by atoms with E-state index in [1.807, 2.05) is 0 Å². The highest BCUT2D eigenvalue weighted by atomic mass is 32.1. The number of amides is 2. The molecule has 0 atom stereocenters. The van der Waals surface area contributed by atoms with E-state index in [4.69, 9.17) is 21.7 Å². The van der Waals surface area contributed by atoms with Crippen molar-refractivity contribution in [3.05, 3.63) is 81.9 Å².